The van der Waals surface area contributed by atoms with Gasteiger partial charge in [0.25, 0.3) is 5.91 Å². The van der Waals surface area contributed by atoms with E-state index in [2.05, 4.69) is 10.6 Å². The van der Waals surface area contributed by atoms with Gasteiger partial charge in [-0.15, -0.1) is 0 Å². The molecule has 3 rings (SSSR count). The number of amides is 1. The van der Waals surface area contributed by atoms with Crippen LogP contribution in [0, 0.1) is 0 Å². The van der Waals surface area contributed by atoms with Crippen LogP contribution in [0.25, 0.3) is 0 Å². The molecule has 144 valence electrons. The molecular weight excluding hydrogens is 344 g/mol. The Morgan fingerprint density at radius 2 is 1.85 bits per heavy atom. The van der Waals surface area contributed by atoms with Gasteiger partial charge >= 0.3 is 0 Å². The van der Waals surface area contributed by atoms with Crippen molar-refractivity contribution < 1.29 is 19.0 Å². The van der Waals surface area contributed by atoms with Crippen LogP contribution in [0.1, 0.15) is 31.9 Å². The van der Waals surface area contributed by atoms with E-state index < -0.39 is 0 Å². The summed E-state index contributed by atoms with van der Waals surface area (Å²) in [7, 11) is 0. The molecule has 27 heavy (non-hydrogen) atoms. The van der Waals surface area contributed by atoms with E-state index in [1.807, 2.05) is 63.2 Å². The average molecular weight is 370 g/mol. The number of hydrogen-bond acceptors (Lipinski definition) is 5. The highest BCUT2D eigenvalue weighted by Gasteiger charge is 2.15. The first-order chi connectivity index (χ1) is 12.9. The Morgan fingerprint density at radius 1 is 1.07 bits per heavy atom. The molecular formula is C21H26N2O4. The maximum Gasteiger partial charge on any atom is 0.258 e. The molecule has 1 amide bonds. The van der Waals surface area contributed by atoms with Crippen molar-refractivity contribution in [3.8, 4) is 17.2 Å². The van der Waals surface area contributed by atoms with Crippen LogP contribution in [0.2, 0.25) is 0 Å². The van der Waals surface area contributed by atoms with Gasteiger partial charge in [-0.1, -0.05) is 24.3 Å². The van der Waals surface area contributed by atoms with Gasteiger partial charge in [-0.3, -0.25) is 4.79 Å². The van der Waals surface area contributed by atoms with Crippen molar-refractivity contribution >= 4 is 5.91 Å². The minimum atomic E-state index is -0.272. The fourth-order valence-corrected chi connectivity index (χ4v) is 2.78. The van der Waals surface area contributed by atoms with Crippen LogP contribution in [-0.4, -0.2) is 24.8 Å². The van der Waals surface area contributed by atoms with Gasteiger partial charge in [0.05, 0.1) is 0 Å². The summed E-state index contributed by atoms with van der Waals surface area (Å²) >= 11 is 0. The molecule has 2 aromatic carbocycles. The summed E-state index contributed by atoms with van der Waals surface area (Å²) in [5, 5.41) is 6.29. The topological polar surface area (TPSA) is 68.8 Å². The molecule has 2 N–H and O–H groups in total. The number of carbonyl (C=O) groups is 1. The zero-order valence-corrected chi connectivity index (χ0v) is 16.0. The third-order valence-electron chi connectivity index (χ3n) is 3.93. The van der Waals surface area contributed by atoms with E-state index in [1.54, 1.807) is 0 Å². The third-order valence-corrected chi connectivity index (χ3v) is 3.93. The molecule has 6 nitrogen and oxygen atoms in total. The maximum absolute atomic E-state index is 12.0. The van der Waals surface area contributed by atoms with Crippen molar-refractivity contribution in [2.75, 3.05) is 13.4 Å². The lowest BCUT2D eigenvalue weighted by Crippen LogP contribution is -2.43. The second kappa shape index (κ2) is 8.31. The van der Waals surface area contributed by atoms with Gasteiger partial charge in [0.1, 0.15) is 5.75 Å². The van der Waals surface area contributed by atoms with E-state index in [-0.39, 0.29) is 24.8 Å². The van der Waals surface area contributed by atoms with E-state index >= 15 is 0 Å². The Balaban J connectivity index is 1.52. The summed E-state index contributed by atoms with van der Waals surface area (Å²) < 4.78 is 16.5. The molecule has 1 heterocycles. The summed E-state index contributed by atoms with van der Waals surface area (Å²) in [6.07, 6.45) is 0. The highest BCUT2D eigenvalue weighted by atomic mass is 16.7. The highest BCUT2D eigenvalue weighted by Crippen LogP contribution is 2.32. The minimum absolute atomic E-state index is 0.00353. The standard InChI is InChI=1S/C21H26N2O4/c1-21(2,3)23-20(24)13-25-17-7-5-4-6-16(17)12-22-11-15-8-9-18-19(10-15)27-14-26-18/h4-10,22H,11-14H2,1-3H3,(H,23,24). The minimum Gasteiger partial charge on any atom is -0.483 e. The van der Waals surface area contributed by atoms with E-state index in [4.69, 9.17) is 14.2 Å². The van der Waals surface area contributed by atoms with E-state index in [0.29, 0.717) is 18.8 Å². The van der Waals surface area contributed by atoms with Crippen molar-refractivity contribution in [2.24, 2.45) is 0 Å². The lowest BCUT2D eigenvalue weighted by molar-refractivity contribution is -0.124. The summed E-state index contributed by atoms with van der Waals surface area (Å²) in [4.78, 5) is 12.0. The molecule has 0 saturated heterocycles. The molecule has 0 spiro atoms. The number of benzene rings is 2. The number of hydrogen-bond donors (Lipinski definition) is 2. The number of nitrogens with one attached hydrogen (secondary N) is 2. The zero-order chi connectivity index (χ0) is 19.3. The first-order valence-electron chi connectivity index (χ1n) is 9.02. The lowest BCUT2D eigenvalue weighted by atomic mass is 10.1. The fourth-order valence-electron chi connectivity index (χ4n) is 2.78. The lowest BCUT2D eigenvalue weighted by Gasteiger charge is -2.20. The fraction of sp³-hybridized carbons (Fsp3) is 0.381. The molecule has 0 aliphatic carbocycles. The normalized spacial score (nSPS) is 12.7. The van der Waals surface area contributed by atoms with Crippen LogP contribution in [0.15, 0.2) is 42.5 Å². The zero-order valence-electron chi connectivity index (χ0n) is 16.0. The van der Waals surface area contributed by atoms with Gasteiger partial charge in [-0.2, -0.15) is 0 Å². The van der Waals surface area contributed by atoms with Crippen LogP contribution in [0.5, 0.6) is 17.2 Å². The van der Waals surface area contributed by atoms with Crippen LogP contribution in [0.3, 0.4) is 0 Å². The molecule has 0 atom stereocenters. The smallest absolute Gasteiger partial charge is 0.258 e. The summed E-state index contributed by atoms with van der Waals surface area (Å²) in [6.45, 7) is 7.42. The highest BCUT2D eigenvalue weighted by molar-refractivity contribution is 5.78. The number of ether oxygens (including phenoxy) is 3. The van der Waals surface area contributed by atoms with E-state index in [0.717, 1.165) is 22.6 Å². The van der Waals surface area contributed by atoms with Gasteiger partial charge in [0.2, 0.25) is 6.79 Å². The molecule has 0 bridgehead atoms. The molecule has 1 aliphatic rings. The van der Waals surface area contributed by atoms with Gasteiger partial charge in [-0.25, -0.2) is 0 Å². The van der Waals surface area contributed by atoms with Gasteiger partial charge in [0.15, 0.2) is 18.1 Å². The summed E-state index contributed by atoms with van der Waals surface area (Å²) in [6, 6.07) is 13.6. The molecule has 1 aliphatic heterocycles. The first-order valence-corrected chi connectivity index (χ1v) is 9.02. The van der Waals surface area contributed by atoms with E-state index in [9.17, 15) is 4.79 Å². The predicted octanol–water partition coefficient (Wildman–Crippen LogP) is 3.00. The molecule has 0 aromatic heterocycles. The third kappa shape index (κ3) is 5.62. The molecule has 6 heteroatoms. The number of carbonyl (C=O) groups excluding carboxylic acids is 1. The molecule has 0 fully saturated rings. The SMILES string of the molecule is CC(C)(C)NC(=O)COc1ccccc1CNCc1ccc2c(c1)OCO2. The number of rotatable bonds is 7. The quantitative estimate of drug-likeness (QED) is 0.784. The number of para-hydroxylation sites is 1. The molecule has 0 saturated carbocycles. The van der Waals surface area contributed by atoms with Crippen LogP contribution in [0.4, 0.5) is 0 Å². The van der Waals surface area contributed by atoms with E-state index in [1.165, 1.54) is 0 Å². The Morgan fingerprint density at radius 3 is 2.67 bits per heavy atom. The van der Waals surface area contributed by atoms with Crippen molar-refractivity contribution in [1.82, 2.24) is 10.6 Å². The van der Waals surface area contributed by atoms with Crippen LogP contribution >= 0.6 is 0 Å². The van der Waals surface area contributed by atoms with Crippen molar-refractivity contribution in [3.63, 3.8) is 0 Å². The van der Waals surface area contributed by atoms with Crippen molar-refractivity contribution in [3.05, 3.63) is 53.6 Å². The average Bonchev–Trinajstić information content (AvgIpc) is 3.07. The van der Waals surface area contributed by atoms with Gasteiger partial charge in [0, 0.05) is 24.2 Å². The second-order valence-electron chi connectivity index (χ2n) is 7.49. The maximum atomic E-state index is 12.0. The summed E-state index contributed by atoms with van der Waals surface area (Å²) in [5.74, 6) is 2.14. The Bertz CT molecular complexity index is 799. The van der Waals surface area contributed by atoms with Crippen LogP contribution < -0.4 is 24.8 Å². The molecule has 0 radical (unpaired) electrons. The Labute approximate surface area is 159 Å². The monoisotopic (exact) mass is 370 g/mol. The Hall–Kier alpha value is -2.73. The van der Waals surface area contributed by atoms with Crippen molar-refractivity contribution in [1.29, 1.82) is 0 Å². The second-order valence-corrected chi connectivity index (χ2v) is 7.49. The predicted molar refractivity (Wildman–Crippen MR) is 103 cm³/mol. The molecule has 2 aromatic rings. The molecule has 0 unspecified atom stereocenters. The largest absolute Gasteiger partial charge is 0.483 e. The van der Waals surface area contributed by atoms with Crippen molar-refractivity contribution in [2.45, 2.75) is 39.4 Å². The Kier molecular flexibility index (Phi) is 5.86. The van der Waals surface area contributed by atoms with Gasteiger partial charge in [-0.05, 0) is 44.5 Å². The number of fused-ring (bicyclic) bond motifs is 1. The summed E-state index contributed by atoms with van der Waals surface area (Å²) in [5.41, 5.74) is 1.84. The first kappa shape index (κ1) is 19.0. The van der Waals surface area contributed by atoms with Crippen LogP contribution in [-0.2, 0) is 17.9 Å². The van der Waals surface area contributed by atoms with Gasteiger partial charge < -0.3 is 24.8 Å².